The van der Waals surface area contributed by atoms with Crippen molar-refractivity contribution in [2.45, 2.75) is 57.9 Å². The number of benzene rings is 1. The number of aryl methyl sites for hydroxylation is 1. The molecule has 2 rings (SSSR count). The minimum Gasteiger partial charge on any atom is -0.338 e. The average molecular weight is 274 g/mol. The van der Waals surface area contributed by atoms with Gasteiger partial charge in [0.2, 0.25) is 0 Å². The molecule has 2 amide bonds. The summed E-state index contributed by atoms with van der Waals surface area (Å²) in [5, 5.41) is 6.09. The second kappa shape index (κ2) is 7.93. The van der Waals surface area contributed by atoms with E-state index in [4.69, 9.17) is 0 Å². The van der Waals surface area contributed by atoms with E-state index in [2.05, 4.69) is 29.7 Å². The fourth-order valence-corrected chi connectivity index (χ4v) is 2.86. The summed E-state index contributed by atoms with van der Waals surface area (Å²) in [6.45, 7) is 2.81. The van der Waals surface area contributed by atoms with Crippen LogP contribution in [0.3, 0.4) is 0 Å². The maximum Gasteiger partial charge on any atom is 0.315 e. The van der Waals surface area contributed by atoms with E-state index in [1.807, 2.05) is 12.1 Å². The Kier molecular flexibility index (Phi) is 5.90. The van der Waals surface area contributed by atoms with Crippen molar-refractivity contribution in [1.82, 2.24) is 10.6 Å². The fraction of sp³-hybridized carbons (Fsp3) is 0.588. The van der Waals surface area contributed by atoms with E-state index in [-0.39, 0.29) is 6.03 Å². The van der Waals surface area contributed by atoms with Crippen LogP contribution in [0.15, 0.2) is 24.3 Å². The average Bonchev–Trinajstić information content (AvgIpc) is 2.69. The molecule has 1 aliphatic rings. The third kappa shape index (κ3) is 4.87. The Hall–Kier alpha value is -1.51. The van der Waals surface area contributed by atoms with Crippen molar-refractivity contribution in [1.29, 1.82) is 0 Å². The van der Waals surface area contributed by atoms with E-state index >= 15 is 0 Å². The van der Waals surface area contributed by atoms with Crippen LogP contribution in [0.4, 0.5) is 4.79 Å². The van der Waals surface area contributed by atoms with Crippen LogP contribution in [0.1, 0.15) is 49.7 Å². The predicted molar refractivity (Wildman–Crippen MR) is 82.9 cm³/mol. The summed E-state index contributed by atoms with van der Waals surface area (Å²) in [5.41, 5.74) is 2.60. The summed E-state index contributed by atoms with van der Waals surface area (Å²) in [5.74, 6) is 0. The third-order valence-electron chi connectivity index (χ3n) is 4.13. The summed E-state index contributed by atoms with van der Waals surface area (Å²) >= 11 is 0. The number of hydrogen-bond donors (Lipinski definition) is 2. The van der Waals surface area contributed by atoms with Gasteiger partial charge in [0.05, 0.1) is 0 Å². The molecule has 0 bridgehead atoms. The largest absolute Gasteiger partial charge is 0.338 e. The first kappa shape index (κ1) is 14.9. The summed E-state index contributed by atoms with van der Waals surface area (Å²) in [4.78, 5) is 11.9. The summed E-state index contributed by atoms with van der Waals surface area (Å²) in [6.07, 6.45) is 8.27. The topological polar surface area (TPSA) is 41.1 Å². The van der Waals surface area contributed by atoms with Crippen LogP contribution >= 0.6 is 0 Å². The minimum atomic E-state index is -0.00881. The van der Waals surface area contributed by atoms with Crippen molar-refractivity contribution in [3.8, 4) is 0 Å². The third-order valence-corrected chi connectivity index (χ3v) is 4.13. The molecule has 2 N–H and O–H groups in total. The van der Waals surface area contributed by atoms with Gasteiger partial charge in [0, 0.05) is 12.6 Å². The van der Waals surface area contributed by atoms with Crippen LogP contribution < -0.4 is 10.6 Å². The Balaban J connectivity index is 1.68. The highest BCUT2D eigenvalue weighted by molar-refractivity contribution is 5.74. The molecular formula is C17H26N2O. The molecule has 0 radical (unpaired) electrons. The quantitative estimate of drug-likeness (QED) is 0.810. The fourth-order valence-electron chi connectivity index (χ4n) is 2.86. The maximum atomic E-state index is 11.9. The SMILES string of the molecule is Cc1ccccc1CCNC(=O)NC1CCCCCC1. The van der Waals surface area contributed by atoms with Crippen LogP contribution in [0.25, 0.3) is 0 Å². The molecule has 110 valence electrons. The van der Waals surface area contributed by atoms with Crippen molar-refractivity contribution >= 4 is 6.03 Å². The van der Waals surface area contributed by atoms with E-state index in [1.54, 1.807) is 0 Å². The number of rotatable bonds is 4. The highest BCUT2D eigenvalue weighted by atomic mass is 16.2. The molecule has 1 aliphatic carbocycles. The minimum absolute atomic E-state index is 0.00881. The van der Waals surface area contributed by atoms with Crippen molar-refractivity contribution in [2.75, 3.05) is 6.54 Å². The molecular weight excluding hydrogens is 248 g/mol. The molecule has 0 aromatic heterocycles. The van der Waals surface area contributed by atoms with Gasteiger partial charge in [-0.15, -0.1) is 0 Å². The lowest BCUT2D eigenvalue weighted by atomic mass is 10.1. The number of urea groups is 1. The van der Waals surface area contributed by atoms with Crippen LogP contribution in [0.5, 0.6) is 0 Å². The van der Waals surface area contributed by atoms with Crippen molar-refractivity contribution < 1.29 is 4.79 Å². The normalized spacial score (nSPS) is 16.4. The lowest BCUT2D eigenvalue weighted by Crippen LogP contribution is -2.42. The first-order chi connectivity index (χ1) is 9.75. The number of nitrogens with one attached hydrogen (secondary N) is 2. The van der Waals surface area contributed by atoms with Crippen LogP contribution in [-0.4, -0.2) is 18.6 Å². The van der Waals surface area contributed by atoms with E-state index < -0.39 is 0 Å². The zero-order chi connectivity index (χ0) is 14.2. The molecule has 1 saturated carbocycles. The van der Waals surface area contributed by atoms with Crippen molar-refractivity contribution in [3.63, 3.8) is 0 Å². The Morgan fingerprint density at radius 2 is 1.85 bits per heavy atom. The summed E-state index contributed by atoms with van der Waals surface area (Å²) < 4.78 is 0. The van der Waals surface area contributed by atoms with Gasteiger partial charge in [0.25, 0.3) is 0 Å². The van der Waals surface area contributed by atoms with E-state index in [0.717, 1.165) is 19.3 Å². The van der Waals surface area contributed by atoms with Gasteiger partial charge in [-0.05, 0) is 37.3 Å². The lowest BCUT2D eigenvalue weighted by molar-refractivity contribution is 0.235. The van der Waals surface area contributed by atoms with Gasteiger partial charge < -0.3 is 10.6 Å². The Bertz CT molecular complexity index is 423. The zero-order valence-corrected chi connectivity index (χ0v) is 12.5. The van der Waals surface area contributed by atoms with Gasteiger partial charge in [-0.1, -0.05) is 49.9 Å². The Morgan fingerprint density at radius 1 is 1.15 bits per heavy atom. The van der Waals surface area contributed by atoms with Crippen LogP contribution in [-0.2, 0) is 6.42 Å². The molecule has 0 aliphatic heterocycles. The maximum absolute atomic E-state index is 11.9. The molecule has 0 saturated heterocycles. The molecule has 1 aromatic rings. The lowest BCUT2D eigenvalue weighted by Gasteiger charge is -2.16. The van der Waals surface area contributed by atoms with E-state index in [9.17, 15) is 4.79 Å². The smallest absolute Gasteiger partial charge is 0.315 e. The molecule has 1 aromatic carbocycles. The monoisotopic (exact) mass is 274 g/mol. The number of amides is 2. The molecule has 3 nitrogen and oxygen atoms in total. The first-order valence-electron chi connectivity index (χ1n) is 7.84. The summed E-state index contributed by atoms with van der Waals surface area (Å²) in [7, 11) is 0. The van der Waals surface area contributed by atoms with Crippen LogP contribution in [0.2, 0.25) is 0 Å². The van der Waals surface area contributed by atoms with E-state index in [1.165, 1.54) is 36.8 Å². The molecule has 0 unspecified atom stereocenters. The van der Waals surface area contributed by atoms with Gasteiger partial charge in [-0.2, -0.15) is 0 Å². The highest BCUT2D eigenvalue weighted by Crippen LogP contribution is 2.17. The second-order valence-corrected chi connectivity index (χ2v) is 5.77. The van der Waals surface area contributed by atoms with Gasteiger partial charge in [0.15, 0.2) is 0 Å². The highest BCUT2D eigenvalue weighted by Gasteiger charge is 2.14. The van der Waals surface area contributed by atoms with Crippen LogP contribution in [0, 0.1) is 6.92 Å². The zero-order valence-electron chi connectivity index (χ0n) is 12.5. The van der Waals surface area contributed by atoms with Gasteiger partial charge >= 0.3 is 6.03 Å². The van der Waals surface area contributed by atoms with Gasteiger partial charge in [0.1, 0.15) is 0 Å². The second-order valence-electron chi connectivity index (χ2n) is 5.77. The molecule has 3 heteroatoms. The number of carbonyl (C=O) groups is 1. The van der Waals surface area contributed by atoms with Gasteiger partial charge in [-0.3, -0.25) is 0 Å². The molecule has 0 heterocycles. The van der Waals surface area contributed by atoms with E-state index in [0.29, 0.717) is 12.6 Å². The molecule has 0 spiro atoms. The predicted octanol–water partition coefficient (Wildman–Crippen LogP) is 3.56. The van der Waals surface area contributed by atoms with Crippen molar-refractivity contribution in [2.24, 2.45) is 0 Å². The number of carbonyl (C=O) groups excluding carboxylic acids is 1. The first-order valence-corrected chi connectivity index (χ1v) is 7.84. The Labute approximate surface area is 122 Å². The Morgan fingerprint density at radius 3 is 2.55 bits per heavy atom. The summed E-state index contributed by atoms with van der Waals surface area (Å²) in [6, 6.07) is 8.70. The molecule has 1 fully saturated rings. The van der Waals surface area contributed by atoms with Gasteiger partial charge in [-0.25, -0.2) is 4.79 Å². The standard InChI is InChI=1S/C17H26N2O/c1-14-8-6-7-9-15(14)12-13-18-17(20)19-16-10-4-2-3-5-11-16/h6-9,16H,2-5,10-13H2,1H3,(H2,18,19,20). The molecule has 20 heavy (non-hydrogen) atoms. The van der Waals surface area contributed by atoms with Crippen molar-refractivity contribution in [3.05, 3.63) is 35.4 Å². The number of hydrogen-bond acceptors (Lipinski definition) is 1. The molecule has 0 atom stereocenters.